The zero-order valence-corrected chi connectivity index (χ0v) is 13.0. The average Bonchev–Trinajstić information content (AvgIpc) is 2.49. The molecule has 2 heterocycles. The first-order chi connectivity index (χ1) is 9.34. The summed E-state index contributed by atoms with van der Waals surface area (Å²) in [6.45, 7) is 4.69. The van der Waals surface area contributed by atoms with Crippen LogP contribution in [0, 0.1) is 0 Å². The van der Waals surface area contributed by atoms with E-state index in [0.717, 1.165) is 23.6 Å². The second-order valence-corrected chi connectivity index (χ2v) is 6.50. The molecule has 0 spiro atoms. The molecule has 2 aliphatic rings. The molecular formula is C15H22BrN3. The van der Waals surface area contributed by atoms with Crippen molar-refractivity contribution in [2.75, 3.05) is 31.1 Å². The van der Waals surface area contributed by atoms with Crippen LogP contribution in [0.2, 0.25) is 0 Å². The molecule has 19 heavy (non-hydrogen) atoms. The van der Waals surface area contributed by atoms with Crippen molar-refractivity contribution in [3.63, 3.8) is 0 Å². The van der Waals surface area contributed by atoms with Crippen molar-refractivity contribution < 1.29 is 0 Å². The number of nitrogens with zero attached hydrogens (tertiary/aromatic N) is 3. The van der Waals surface area contributed by atoms with Crippen LogP contribution >= 0.6 is 15.9 Å². The smallest absolute Gasteiger partial charge is 0.0592 e. The molecule has 1 aliphatic carbocycles. The number of hydrogen-bond donors (Lipinski definition) is 0. The highest BCUT2D eigenvalue weighted by atomic mass is 79.9. The minimum absolute atomic E-state index is 0.858. The lowest BCUT2D eigenvalue weighted by Crippen LogP contribution is -2.50. The zero-order valence-electron chi connectivity index (χ0n) is 11.4. The van der Waals surface area contributed by atoms with E-state index in [0.29, 0.717) is 0 Å². The van der Waals surface area contributed by atoms with Crippen molar-refractivity contribution in [2.45, 2.75) is 38.1 Å². The lowest BCUT2D eigenvalue weighted by atomic mass is 9.94. The van der Waals surface area contributed by atoms with Gasteiger partial charge in [-0.2, -0.15) is 0 Å². The van der Waals surface area contributed by atoms with E-state index < -0.39 is 0 Å². The Morgan fingerprint density at radius 1 is 1.05 bits per heavy atom. The van der Waals surface area contributed by atoms with Gasteiger partial charge in [0.05, 0.1) is 10.2 Å². The van der Waals surface area contributed by atoms with Gasteiger partial charge in [0.1, 0.15) is 0 Å². The molecule has 0 bridgehead atoms. The number of aromatic nitrogens is 1. The third kappa shape index (κ3) is 3.11. The summed E-state index contributed by atoms with van der Waals surface area (Å²) in [7, 11) is 0. The van der Waals surface area contributed by atoms with Gasteiger partial charge < -0.3 is 4.90 Å². The Kier molecular flexibility index (Phi) is 4.38. The molecule has 1 aromatic rings. The molecule has 1 saturated carbocycles. The molecule has 0 N–H and O–H groups in total. The number of piperazine rings is 1. The molecular weight excluding hydrogens is 302 g/mol. The van der Waals surface area contributed by atoms with Crippen LogP contribution in [-0.2, 0) is 0 Å². The Bertz CT molecular complexity index is 410. The van der Waals surface area contributed by atoms with E-state index in [1.807, 2.05) is 12.4 Å². The number of rotatable bonds is 2. The fourth-order valence-electron chi connectivity index (χ4n) is 3.40. The number of pyridine rings is 1. The van der Waals surface area contributed by atoms with E-state index >= 15 is 0 Å². The summed E-state index contributed by atoms with van der Waals surface area (Å²) < 4.78 is 1.11. The van der Waals surface area contributed by atoms with Gasteiger partial charge in [0.2, 0.25) is 0 Å². The molecule has 1 saturated heterocycles. The van der Waals surface area contributed by atoms with Gasteiger partial charge in [-0.15, -0.1) is 0 Å². The summed E-state index contributed by atoms with van der Waals surface area (Å²) in [5.41, 5.74) is 1.29. The Morgan fingerprint density at radius 2 is 1.79 bits per heavy atom. The van der Waals surface area contributed by atoms with Crippen molar-refractivity contribution in [1.29, 1.82) is 0 Å². The van der Waals surface area contributed by atoms with E-state index in [1.54, 1.807) is 0 Å². The normalized spacial score (nSPS) is 22.7. The molecule has 3 rings (SSSR count). The first-order valence-electron chi connectivity index (χ1n) is 7.43. The van der Waals surface area contributed by atoms with Crippen molar-refractivity contribution >= 4 is 21.6 Å². The molecule has 4 heteroatoms. The van der Waals surface area contributed by atoms with Crippen LogP contribution < -0.4 is 4.90 Å². The van der Waals surface area contributed by atoms with E-state index in [1.165, 1.54) is 50.9 Å². The quantitative estimate of drug-likeness (QED) is 0.832. The van der Waals surface area contributed by atoms with Gasteiger partial charge in [0, 0.05) is 44.6 Å². The first kappa shape index (κ1) is 13.4. The summed E-state index contributed by atoms with van der Waals surface area (Å²) in [5, 5.41) is 0. The minimum atomic E-state index is 0.858. The Balaban J connectivity index is 1.58. The predicted octanol–water partition coefficient (Wildman–Crippen LogP) is 3.30. The second-order valence-electron chi connectivity index (χ2n) is 5.64. The van der Waals surface area contributed by atoms with Crippen LogP contribution in [0.25, 0.3) is 0 Å². The van der Waals surface area contributed by atoms with Gasteiger partial charge in [-0.1, -0.05) is 19.3 Å². The predicted molar refractivity (Wildman–Crippen MR) is 82.6 cm³/mol. The van der Waals surface area contributed by atoms with E-state index in [4.69, 9.17) is 0 Å². The van der Waals surface area contributed by atoms with Crippen LogP contribution in [0.5, 0.6) is 0 Å². The Morgan fingerprint density at radius 3 is 2.47 bits per heavy atom. The molecule has 0 atom stereocenters. The highest BCUT2D eigenvalue weighted by molar-refractivity contribution is 9.10. The van der Waals surface area contributed by atoms with Gasteiger partial charge in [0.15, 0.2) is 0 Å². The lowest BCUT2D eigenvalue weighted by molar-refractivity contribution is 0.148. The molecule has 0 amide bonds. The monoisotopic (exact) mass is 323 g/mol. The standard InChI is InChI=1S/C15H22BrN3/c16-14-12-17-7-6-15(14)19-10-8-18(9-11-19)13-4-2-1-3-5-13/h6-7,12-13H,1-5,8-11H2. The molecule has 1 aliphatic heterocycles. The van der Waals surface area contributed by atoms with Crippen molar-refractivity contribution in [2.24, 2.45) is 0 Å². The molecule has 2 fully saturated rings. The minimum Gasteiger partial charge on any atom is -0.368 e. The number of halogens is 1. The molecule has 0 aromatic carbocycles. The van der Waals surface area contributed by atoms with Gasteiger partial charge in [-0.3, -0.25) is 9.88 Å². The average molecular weight is 324 g/mol. The van der Waals surface area contributed by atoms with Crippen LogP contribution in [0.4, 0.5) is 5.69 Å². The summed E-state index contributed by atoms with van der Waals surface area (Å²) >= 11 is 3.61. The summed E-state index contributed by atoms with van der Waals surface area (Å²) in [6.07, 6.45) is 10.9. The third-order valence-electron chi connectivity index (χ3n) is 4.50. The maximum atomic E-state index is 4.14. The maximum absolute atomic E-state index is 4.14. The lowest BCUT2D eigenvalue weighted by Gasteiger charge is -2.41. The molecule has 1 aromatic heterocycles. The van der Waals surface area contributed by atoms with Crippen LogP contribution in [0.15, 0.2) is 22.9 Å². The fourth-order valence-corrected chi connectivity index (χ4v) is 3.90. The Hall–Kier alpha value is -0.610. The van der Waals surface area contributed by atoms with Gasteiger partial charge in [-0.25, -0.2) is 0 Å². The molecule has 104 valence electrons. The SMILES string of the molecule is Brc1cnccc1N1CCN(C2CCCCC2)CC1. The topological polar surface area (TPSA) is 19.4 Å². The van der Waals surface area contributed by atoms with Crippen molar-refractivity contribution in [1.82, 2.24) is 9.88 Å². The van der Waals surface area contributed by atoms with E-state index in [2.05, 4.69) is 36.8 Å². The first-order valence-corrected chi connectivity index (χ1v) is 8.22. The number of hydrogen-bond acceptors (Lipinski definition) is 3. The fraction of sp³-hybridized carbons (Fsp3) is 0.667. The summed E-state index contributed by atoms with van der Waals surface area (Å²) in [6, 6.07) is 2.97. The van der Waals surface area contributed by atoms with E-state index in [-0.39, 0.29) is 0 Å². The van der Waals surface area contributed by atoms with Gasteiger partial charge in [-0.05, 0) is 34.8 Å². The second kappa shape index (κ2) is 6.23. The molecule has 0 unspecified atom stereocenters. The highest BCUT2D eigenvalue weighted by Gasteiger charge is 2.25. The van der Waals surface area contributed by atoms with Crippen molar-refractivity contribution in [3.05, 3.63) is 22.9 Å². The van der Waals surface area contributed by atoms with E-state index in [9.17, 15) is 0 Å². The zero-order chi connectivity index (χ0) is 13.1. The summed E-state index contributed by atoms with van der Waals surface area (Å²) in [4.78, 5) is 9.33. The number of anilines is 1. The molecule has 3 nitrogen and oxygen atoms in total. The third-order valence-corrected chi connectivity index (χ3v) is 5.11. The maximum Gasteiger partial charge on any atom is 0.0592 e. The molecule has 0 radical (unpaired) electrons. The highest BCUT2D eigenvalue weighted by Crippen LogP contribution is 2.28. The van der Waals surface area contributed by atoms with Crippen LogP contribution in [0.1, 0.15) is 32.1 Å². The van der Waals surface area contributed by atoms with Gasteiger partial charge in [0.25, 0.3) is 0 Å². The van der Waals surface area contributed by atoms with Crippen LogP contribution in [-0.4, -0.2) is 42.1 Å². The van der Waals surface area contributed by atoms with Gasteiger partial charge >= 0.3 is 0 Å². The van der Waals surface area contributed by atoms with Crippen LogP contribution in [0.3, 0.4) is 0 Å². The van der Waals surface area contributed by atoms with Crippen molar-refractivity contribution in [3.8, 4) is 0 Å². The summed E-state index contributed by atoms with van der Waals surface area (Å²) in [5.74, 6) is 0. The Labute approximate surface area is 124 Å². The largest absolute Gasteiger partial charge is 0.368 e.